The maximum Gasteiger partial charge on any atom is 0.132 e. The first-order valence-electron chi connectivity index (χ1n) is 10.1. The molecule has 0 bridgehead atoms. The third-order valence-corrected chi connectivity index (χ3v) is 6.70. The van der Waals surface area contributed by atoms with Crippen LogP contribution in [0.4, 0.5) is 0 Å². The van der Waals surface area contributed by atoms with Gasteiger partial charge in [0.15, 0.2) is 0 Å². The van der Waals surface area contributed by atoms with Gasteiger partial charge in [-0.25, -0.2) is 0 Å². The van der Waals surface area contributed by atoms with Crippen molar-refractivity contribution in [1.82, 2.24) is 5.32 Å². The minimum Gasteiger partial charge on any atom is -0.490 e. The third-order valence-electron chi connectivity index (χ3n) is 5.42. The number of aliphatic imine (C=N–C) groups is 1. The van der Waals surface area contributed by atoms with E-state index in [1.807, 2.05) is 6.07 Å². The van der Waals surface area contributed by atoms with Crippen molar-refractivity contribution >= 4 is 39.5 Å². The molecule has 4 nitrogen and oxygen atoms in total. The Labute approximate surface area is 179 Å². The van der Waals surface area contributed by atoms with Crippen LogP contribution in [-0.2, 0) is 4.74 Å². The van der Waals surface area contributed by atoms with Gasteiger partial charge in [-0.1, -0.05) is 23.7 Å². The van der Waals surface area contributed by atoms with E-state index < -0.39 is 0 Å². The summed E-state index contributed by atoms with van der Waals surface area (Å²) < 4.78 is 12.9. The van der Waals surface area contributed by atoms with Gasteiger partial charge in [0.2, 0.25) is 0 Å². The summed E-state index contributed by atoms with van der Waals surface area (Å²) in [5.41, 5.74) is 2.19. The van der Waals surface area contributed by atoms with Gasteiger partial charge in [-0.3, -0.25) is 4.99 Å². The average Bonchev–Trinajstić information content (AvgIpc) is 3.44. The standard InChI is InChI=1S/C23H23ClN2O2S/c24-22-7-6-21(29-22)16-5-4-15-13-20(28-14-18-3-1-2-10-27-18)19(12-17(15)11-16)23-25-8-9-26-23/h4-7,11-13,18H,1-3,8-10,14H2,(H,25,26). The lowest BCUT2D eigenvalue weighted by Gasteiger charge is -2.23. The summed E-state index contributed by atoms with van der Waals surface area (Å²) in [6.45, 7) is 3.08. The molecule has 1 unspecified atom stereocenters. The van der Waals surface area contributed by atoms with E-state index in [-0.39, 0.29) is 6.10 Å². The van der Waals surface area contributed by atoms with Gasteiger partial charge in [-0.2, -0.15) is 0 Å². The van der Waals surface area contributed by atoms with Crippen LogP contribution in [0.25, 0.3) is 21.2 Å². The predicted octanol–water partition coefficient (Wildman–Crippen LogP) is 5.52. The van der Waals surface area contributed by atoms with Crippen LogP contribution in [0.15, 0.2) is 47.5 Å². The van der Waals surface area contributed by atoms with Gasteiger partial charge in [-0.15, -0.1) is 11.3 Å². The zero-order valence-corrected chi connectivity index (χ0v) is 17.7. The highest BCUT2D eigenvalue weighted by atomic mass is 35.5. The molecule has 1 atom stereocenters. The largest absolute Gasteiger partial charge is 0.490 e. The molecule has 2 aromatic carbocycles. The SMILES string of the molecule is Clc1ccc(-c2ccc3cc(OCC4CCCCO4)c(C4=NCCN4)cc3c2)s1. The van der Waals surface area contributed by atoms with Gasteiger partial charge in [-0.05, 0) is 65.9 Å². The highest BCUT2D eigenvalue weighted by Crippen LogP contribution is 2.35. The summed E-state index contributed by atoms with van der Waals surface area (Å²) in [6, 6.07) is 14.8. The van der Waals surface area contributed by atoms with Crippen molar-refractivity contribution in [3.8, 4) is 16.2 Å². The summed E-state index contributed by atoms with van der Waals surface area (Å²) in [6.07, 6.45) is 3.60. The second kappa shape index (κ2) is 8.34. The normalized spacial score (nSPS) is 19.2. The second-order valence-electron chi connectivity index (χ2n) is 7.47. The van der Waals surface area contributed by atoms with Crippen LogP contribution >= 0.6 is 22.9 Å². The smallest absolute Gasteiger partial charge is 0.132 e. The van der Waals surface area contributed by atoms with Crippen molar-refractivity contribution in [2.24, 2.45) is 4.99 Å². The minimum atomic E-state index is 0.178. The van der Waals surface area contributed by atoms with Gasteiger partial charge >= 0.3 is 0 Å². The quantitative estimate of drug-likeness (QED) is 0.584. The number of halogens is 1. The molecule has 1 saturated heterocycles. The Hall–Kier alpha value is -2.08. The van der Waals surface area contributed by atoms with E-state index in [9.17, 15) is 0 Å². The molecule has 2 aliphatic rings. The maximum absolute atomic E-state index is 6.25. The first-order chi connectivity index (χ1) is 14.3. The van der Waals surface area contributed by atoms with Crippen LogP contribution in [-0.4, -0.2) is 38.2 Å². The maximum atomic E-state index is 6.25. The predicted molar refractivity (Wildman–Crippen MR) is 121 cm³/mol. The molecule has 3 aromatic rings. The minimum absolute atomic E-state index is 0.178. The molecule has 1 fully saturated rings. The number of fused-ring (bicyclic) bond motifs is 1. The molecule has 0 saturated carbocycles. The Morgan fingerprint density at radius 3 is 2.86 bits per heavy atom. The first kappa shape index (κ1) is 18.9. The molecule has 0 amide bonds. The number of hydrogen-bond donors (Lipinski definition) is 1. The van der Waals surface area contributed by atoms with Crippen LogP contribution in [0.1, 0.15) is 24.8 Å². The van der Waals surface area contributed by atoms with Crippen molar-refractivity contribution in [3.05, 3.63) is 52.4 Å². The number of nitrogens with one attached hydrogen (secondary N) is 1. The van der Waals surface area contributed by atoms with Gasteiger partial charge in [0.25, 0.3) is 0 Å². The first-order valence-corrected chi connectivity index (χ1v) is 11.3. The van der Waals surface area contributed by atoms with Gasteiger partial charge in [0.05, 0.1) is 22.5 Å². The Bertz CT molecular complexity index is 1060. The Morgan fingerprint density at radius 2 is 2.10 bits per heavy atom. The average molecular weight is 427 g/mol. The fourth-order valence-electron chi connectivity index (χ4n) is 3.90. The zero-order valence-electron chi connectivity index (χ0n) is 16.1. The molecule has 6 heteroatoms. The van der Waals surface area contributed by atoms with E-state index in [2.05, 4.69) is 46.7 Å². The van der Waals surface area contributed by atoms with E-state index in [1.54, 1.807) is 11.3 Å². The number of hydrogen-bond acceptors (Lipinski definition) is 5. The molecular formula is C23H23ClN2O2S. The molecule has 150 valence electrons. The Balaban J connectivity index is 1.50. The Kier molecular flexibility index (Phi) is 5.44. The highest BCUT2D eigenvalue weighted by molar-refractivity contribution is 7.19. The molecule has 3 heterocycles. The molecule has 5 rings (SSSR count). The van der Waals surface area contributed by atoms with Gasteiger partial charge in [0.1, 0.15) is 18.2 Å². The fourth-order valence-corrected chi connectivity index (χ4v) is 4.94. The van der Waals surface area contributed by atoms with Crippen LogP contribution in [0.5, 0.6) is 5.75 Å². The molecule has 1 N–H and O–H groups in total. The van der Waals surface area contributed by atoms with Crippen molar-refractivity contribution in [2.45, 2.75) is 25.4 Å². The summed E-state index contributed by atoms with van der Waals surface area (Å²) in [7, 11) is 0. The number of benzene rings is 2. The number of amidine groups is 1. The lowest BCUT2D eigenvalue weighted by atomic mass is 10.0. The number of rotatable bonds is 5. The van der Waals surface area contributed by atoms with E-state index >= 15 is 0 Å². The third kappa shape index (κ3) is 4.13. The number of nitrogens with zero attached hydrogens (tertiary/aromatic N) is 1. The molecule has 0 radical (unpaired) electrons. The molecular weight excluding hydrogens is 404 g/mol. The summed E-state index contributed by atoms with van der Waals surface area (Å²) in [5.74, 6) is 1.78. The lowest BCUT2D eigenvalue weighted by molar-refractivity contribution is -0.0110. The summed E-state index contributed by atoms with van der Waals surface area (Å²) in [5, 5.41) is 5.71. The van der Waals surface area contributed by atoms with Crippen molar-refractivity contribution in [3.63, 3.8) is 0 Å². The fraction of sp³-hybridized carbons (Fsp3) is 0.348. The van der Waals surface area contributed by atoms with Crippen LogP contribution in [0, 0.1) is 0 Å². The molecule has 2 aliphatic heterocycles. The summed E-state index contributed by atoms with van der Waals surface area (Å²) in [4.78, 5) is 5.80. The Morgan fingerprint density at radius 1 is 1.14 bits per heavy atom. The van der Waals surface area contributed by atoms with Crippen molar-refractivity contribution in [2.75, 3.05) is 26.3 Å². The van der Waals surface area contributed by atoms with E-state index in [4.69, 9.17) is 21.1 Å². The zero-order chi connectivity index (χ0) is 19.6. The van der Waals surface area contributed by atoms with Gasteiger partial charge in [0, 0.05) is 18.0 Å². The topological polar surface area (TPSA) is 42.9 Å². The monoisotopic (exact) mass is 426 g/mol. The van der Waals surface area contributed by atoms with E-state index in [0.717, 1.165) is 59.4 Å². The van der Waals surface area contributed by atoms with Crippen LogP contribution in [0.3, 0.4) is 0 Å². The summed E-state index contributed by atoms with van der Waals surface area (Å²) >= 11 is 7.72. The highest BCUT2D eigenvalue weighted by Gasteiger charge is 2.19. The van der Waals surface area contributed by atoms with E-state index in [0.29, 0.717) is 6.61 Å². The van der Waals surface area contributed by atoms with Gasteiger partial charge < -0.3 is 14.8 Å². The molecule has 1 aromatic heterocycles. The number of thiophene rings is 1. The molecule has 0 aliphatic carbocycles. The van der Waals surface area contributed by atoms with Crippen molar-refractivity contribution in [1.29, 1.82) is 0 Å². The molecule has 0 spiro atoms. The van der Waals surface area contributed by atoms with E-state index in [1.165, 1.54) is 22.2 Å². The lowest BCUT2D eigenvalue weighted by Crippen LogP contribution is -2.27. The number of ether oxygens (including phenoxy) is 2. The van der Waals surface area contributed by atoms with Crippen molar-refractivity contribution < 1.29 is 9.47 Å². The second-order valence-corrected chi connectivity index (χ2v) is 9.19. The van der Waals surface area contributed by atoms with Crippen LogP contribution < -0.4 is 10.1 Å². The molecule has 29 heavy (non-hydrogen) atoms. The van der Waals surface area contributed by atoms with Crippen LogP contribution in [0.2, 0.25) is 4.34 Å².